The van der Waals surface area contributed by atoms with Crippen molar-refractivity contribution in [3.8, 4) is 21.9 Å². The predicted molar refractivity (Wildman–Crippen MR) is 110 cm³/mol. The van der Waals surface area contributed by atoms with E-state index in [0.717, 1.165) is 16.1 Å². The third kappa shape index (κ3) is 4.56. The van der Waals surface area contributed by atoms with Crippen molar-refractivity contribution in [1.29, 1.82) is 0 Å². The number of anilines is 1. The van der Waals surface area contributed by atoms with Gasteiger partial charge in [0.1, 0.15) is 5.01 Å². The van der Waals surface area contributed by atoms with E-state index in [2.05, 4.69) is 20.8 Å². The summed E-state index contributed by atoms with van der Waals surface area (Å²) in [5, 5.41) is 11.9. The Morgan fingerprint density at radius 1 is 1.00 bits per heavy atom. The van der Waals surface area contributed by atoms with E-state index < -0.39 is 5.91 Å². The van der Waals surface area contributed by atoms with Crippen LogP contribution in [0.15, 0.2) is 76.8 Å². The summed E-state index contributed by atoms with van der Waals surface area (Å²) < 4.78 is 5.20. The summed E-state index contributed by atoms with van der Waals surface area (Å²) in [6, 6.07) is 18.2. The van der Waals surface area contributed by atoms with E-state index >= 15 is 0 Å². The van der Waals surface area contributed by atoms with Crippen LogP contribution in [0.3, 0.4) is 0 Å². The molecule has 0 unspecified atom stereocenters. The Morgan fingerprint density at radius 2 is 1.79 bits per heavy atom. The molecular weight excluding hydrogens is 388 g/mol. The van der Waals surface area contributed by atoms with E-state index in [4.69, 9.17) is 4.52 Å². The first-order valence-electron chi connectivity index (χ1n) is 8.79. The number of nitrogens with one attached hydrogen (secondary N) is 2. The summed E-state index contributed by atoms with van der Waals surface area (Å²) >= 11 is 1.55. The van der Waals surface area contributed by atoms with Gasteiger partial charge in [-0.05, 0) is 24.3 Å². The maximum absolute atomic E-state index is 12.2. The minimum Gasteiger partial charge on any atom is -0.355 e. The average molecular weight is 404 g/mol. The van der Waals surface area contributed by atoms with Crippen molar-refractivity contribution >= 4 is 28.8 Å². The number of carbonyl (C=O) groups is 2. The van der Waals surface area contributed by atoms with Crippen molar-refractivity contribution in [3.05, 3.63) is 77.9 Å². The van der Waals surface area contributed by atoms with Crippen LogP contribution in [0.4, 0.5) is 5.69 Å². The molecule has 0 fully saturated rings. The molecule has 8 heteroatoms. The number of carbonyl (C=O) groups excluding carboxylic acids is 2. The first-order chi connectivity index (χ1) is 14.2. The van der Waals surface area contributed by atoms with Gasteiger partial charge in [-0.3, -0.25) is 9.59 Å². The van der Waals surface area contributed by atoms with Gasteiger partial charge in [0, 0.05) is 34.5 Å². The van der Waals surface area contributed by atoms with Crippen LogP contribution in [0, 0.1) is 0 Å². The van der Waals surface area contributed by atoms with Gasteiger partial charge in [-0.1, -0.05) is 35.5 Å². The predicted octanol–water partition coefficient (Wildman–Crippen LogP) is 3.83. The number of amides is 2. The molecule has 0 saturated carbocycles. The van der Waals surface area contributed by atoms with Gasteiger partial charge < -0.3 is 15.2 Å². The van der Waals surface area contributed by atoms with Gasteiger partial charge in [0.15, 0.2) is 11.5 Å². The normalized spacial score (nSPS) is 10.5. The number of hydrogen-bond acceptors (Lipinski definition) is 6. The van der Waals surface area contributed by atoms with Crippen molar-refractivity contribution in [3.63, 3.8) is 0 Å². The van der Waals surface area contributed by atoms with Gasteiger partial charge in [-0.25, -0.2) is 4.98 Å². The SMILES string of the molecule is O=C(CNC(=O)c1cc(-c2ccccc2)on1)Nc1ccc(-c2nccs2)cc1. The zero-order valence-corrected chi connectivity index (χ0v) is 16.0. The quantitative estimate of drug-likeness (QED) is 0.509. The fourth-order valence-corrected chi connectivity index (χ4v) is 3.28. The third-order valence-electron chi connectivity index (χ3n) is 4.06. The Labute approximate surface area is 170 Å². The van der Waals surface area contributed by atoms with Crippen LogP contribution < -0.4 is 10.6 Å². The zero-order chi connectivity index (χ0) is 20.1. The second kappa shape index (κ2) is 8.49. The number of rotatable bonds is 6. The Balaban J connectivity index is 1.30. The molecule has 2 N–H and O–H groups in total. The van der Waals surface area contributed by atoms with E-state index in [-0.39, 0.29) is 18.1 Å². The lowest BCUT2D eigenvalue weighted by atomic mass is 10.1. The molecule has 2 aromatic carbocycles. The topological polar surface area (TPSA) is 97.1 Å². The first kappa shape index (κ1) is 18.6. The van der Waals surface area contributed by atoms with E-state index in [9.17, 15) is 9.59 Å². The summed E-state index contributed by atoms with van der Waals surface area (Å²) in [6.07, 6.45) is 1.75. The third-order valence-corrected chi connectivity index (χ3v) is 4.88. The molecular formula is C21H16N4O3S. The number of aromatic nitrogens is 2. The number of nitrogens with zero attached hydrogens (tertiary/aromatic N) is 2. The maximum Gasteiger partial charge on any atom is 0.273 e. The maximum atomic E-state index is 12.2. The fourth-order valence-electron chi connectivity index (χ4n) is 2.64. The number of thiazole rings is 1. The molecule has 7 nitrogen and oxygen atoms in total. The molecule has 2 aromatic heterocycles. The van der Waals surface area contributed by atoms with Crippen molar-refractivity contribution in [2.75, 3.05) is 11.9 Å². The minimum absolute atomic E-state index is 0.115. The highest BCUT2D eigenvalue weighted by molar-refractivity contribution is 7.13. The summed E-state index contributed by atoms with van der Waals surface area (Å²) in [7, 11) is 0. The highest BCUT2D eigenvalue weighted by Gasteiger charge is 2.14. The molecule has 29 heavy (non-hydrogen) atoms. The Kier molecular flexibility index (Phi) is 5.44. The molecule has 0 radical (unpaired) electrons. The molecule has 4 rings (SSSR count). The van der Waals surface area contributed by atoms with E-state index in [1.54, 1.807) is 35.7 Å². The smallest absolute Gasteiger partial charge is 0.273 e. The monoisotopic (exact) mass is 404 g/mol. The van der Waals surface area contributed by atoms with Crippen LogP contribution in [0.25, 0.3) is 21.9 Å². The van der Waals surface area contributed by atoms with Crippen LogP contribution in [0.5, 0.6) is 0 Å². The van der Waals surface area contributed by atoms with E-state index in [1.165, 1.54) is 0 Å². The first-order valence-corrected chi connectivity index (χ1v) is 9.67. The molecule has 0 atom stereocenters. The van der Waals surface area contributed by atoms with Crippen LogP contribution in [0.1, 0.15) is 10.5 Å². The lowest BCUT2D eigenvalue weighted by molar-refractivity contribution is -0.115. The summed E-state index contributed by atoms with van der Waals surface area (Å²) in [5.41, 5.74) is 2.55. The molecule has 0 bridgehead atoms. The highest BCUT2D eigenvalue weighted by atomic mass is 32.1. The van der Waals surface area contributed by atoms with Gasteiger partial charge >= 0.3 is 0 Å². The molecule has 0 aliphatic heterocycles. The molecule has 0 aliphatic rings. The second-order valence-electron chi connectivity index (χ2n) is 6.09. The largest absolute Gasteiger partial charge is 0.355 e. The molecule has 0 spiro atoms. The van der Waals surface area contributed by atoms with Gasteiger partial charge in [-0.2, -0.15) is 0 Å². The highest BCUT2D eigenvalue weighted by Crippen LogP contribution is 2.23. The van der Waals surface area contributed by atoms with Gasteiger partial charge in [0.25, 0.3) is 5.91 Å². The van der Waals surface area contributed by atoms with Gasteiger partial charge in [0.05, 0.1) is 6.54 Å². The standard InChI is InChI=1S/C21H16N4O3S/c26-19(24-16-8-6-15(7-9-16)21-22-10-11-29-21)13-23-20(27)17-12-18(28-25-17)14-4-2-1-3-5-14/h1-12H,13H2,(H,23,27)(H,24,26). The van der Waals surface area contributed by atoms with Crippen molar-refractivity contribution in [2.24, 2.45) is 0 Å². The minimum atomic E-state index is -0.481. The summed E-state index contributed by atoms with van der Waals surface area (Å²) in [4.78, 5) is 28.6. The molecule has 2 amide bonds. The molecule has 0 aliphatic carbocycles. The molecule has 2 heterocycles. The lowest BCUT2D eigenvalue weighted by Gasteiger charge is -2.06. The number of benzene rings is 2. The molecule has 144 valence electrons. The lowest BCUT2D eigenvalue weighted by Crippen LogP contribution is -2.33. The fraction of sp³-hybridized carbons (Fsp3) is 0.0476. The van der Waals surface area contributed by atoms with Crippen LogP contribution in [-0.4, -0.2) is 28.5 Å². The number of hydrogen-bond donors (Lipinski definition) is 2. The summed E-state index contributed by atoms with van der Waals surface area (Å²) in [5.74, 6) is -0.335. The van der Waals surface area contributed by atoms with E-state index in [1.807, 2.05) is 47.8 Å². The average Bonchev–Trinajstić information content (AvgIpc) is 3.46. The zero-order valence-electron chi connectivity index (χ0n) is 15.2. The Morgan fingerprint density at radius 3 is 2.52 bits per heavy atom. The van der Waals surface area contributed by atoms with E-state index in [0.29, 0.717) is 11.4 Å². The van der Waals surface area contributed by atoms with Gasteiger partial charge in [-0.15, -0.1) is 11.3 Å². The Bertz CT molecular complexity index is 1110. The van der Waals surface area contributed by atoms with Crippen LogP contribution in [-0.2, 0) is 4.79 Å². The Hall–Kier alpha value is -3.78. The molecule has 4 aromatic rings. The summed E-state index contributed by atoms with van der Waals surface area (Å²) in [6.45, 7) is -0.180. The van der Waals surface area contributed by atoms with Gasteiger partial charge in [0.2, 0.25) is 5.91 Å². The van der Waals surface area contributed by atoms with Crippen LogP contribution in [0.2, 0.25) is 0 Å². The molecule has 0 saturated heterocycles. The van der Waals surface area contributed by atoms with Crippen LogP contribution >= 0.6 is 11.3 Å². The van der Waals surface area contributed by atoms with Crippen molar-refractivity contribution < 1.29 is 14.1 Å². The second-order valence-corrected chi connectivity index (χ2v) is 6.98. The van der Waals surface area contributed by atoms with Crippen molar-refractivity contribution in [2.45, 2.75) is 0 Å². The van der Waals surface area contributed by atoms with Crippen molar-refractivity contribution in [1.82, 2.24) is 15.5 Å².